The maximum atomic E-state index is 12.3. The van der Waals surface area contributed by atoms with Gasteiger partial charge in [0.2, 0.25) is 0 Å². The smallest absolute Gasteiger partial charge is 0.291 e. The fraction of sp³-hybridized carbons (Fsp3) is 1.00. The van der Waals surface area contributed by atoms with Crippen molar-refractivity contribution in [1.82, 2.24) is 9.80 Å². The average Bonchev–Trinajstić information content (AvgIpc) is 2.57. The van der Waals surface area contributed by atoms with Crippen molar-refractivity contribution >= 4 is 0 Å². The molecule has 4 heteroatoms. The van der Waals surface area contributed by atoms with Crippen molar-refractivity contribution in [3.8, 4) is 0 Å². The Morgan fingerprint density at radius 3 is 1.85 bits per heavy atom. The summed E-state index contributed by atoms with van der Waals surface area (Å²) in [5.74, 6) is 0. The molecule has 0 aromatic heterocycles. The van der Waals surface area contributed by atoms with E-state index in [4.69, 9.17) is 0 Å². The number of fused-ring (bicyclic) bond motifs is 1. The van der Waals surface area contributed by atoms with E-state index >= 15 is 0 Å². The minimum absolute atomic E-state index is 0.428. The molecule has 2 atom stereocenters. The molecule has 2 aliphatic heterocycles. The van der Waals surface area contributed by atoms with E-state index in [2.05, 4.69) is 0 Å². The van der Waals surface area contributed by atoms with Crippen LogP contribution in [0.3, 0.4) is 0 Å². The second-order valence-corrected chi connectivity index (χ2v) is 2.75. The molecule has 0 radical (unpaired) electrons. The topological polar surface area (TPSA) is 6.25 Å². The van der Waals surface area contributed by atoms with Crippen LogP contribution in [-0.4, -0.2) is 42.1 Å². The van der Waals surface area contributed by atoms with Crippen molar-refractivity contribution in [1.29, 1.82) is 0 Å². The van der Waals surface area contributed by atoms with Crippen LogP contribution in [0.2, 0.25) is 0 Å². The van der Waals surface area contributed by atoms with Gasteiger partial charge < -0.3 is 0 Å². The van der Waals surface area contributed by atoms with Crippen LogP contribution in [0.5, 0.6) is 0 Å². The minimum Gasteiger partial charge on any atom is -0.291 e. The third-order valence-corrected chi connectivity index (χ3v) is 1.97. The molecule has 2 fully saturated rings. The number of likely N-dealkylation sites (N-methyl/N-ethyl adjacent to an activating group) is 1. The van der Waals surface area contributed by atoms with Gasteiger partial charge in [-0.15, -0.1) is 0 Å². The number of hydrogen-bond acceptors (Lipinski definition) is 2. The molecular weight excluding hydrogens is 174 g/mol. The van der Waals surface area contributed by atoms with Crippen molar-refractivity contribution in [2.75, 3.05) is 20.3 Å². The van der Waals surface area contributed by atoms with E-state index in [-0.39, 0.29) is 0 Å². The summed E-state index contributed by atoms with van der Waals surface area (Å²) in [6, 6.07) is -2.94. The molecule has 0 aliphatic carbocycles. The van der Waals surface area contributed by atoms with Crippen molar-refractivity contribution in [2.24, 2.45) is 0 Å². The number of hydrogen-bond donors (Lipinski definition) is 0. The number of rotatable bonds is 0. The van der Waals surface area contributed by atoms with E-state index in [0.29, 0.717) is 13.2 Å². The average molecular weight is 194 g/mol. The molecule has 0 spiro atoms. The molecule has 0 N–H and O–H groups in total. The third-order valence-electron chi connectivity index (χ3n) is 1.97. The third kappa shape index (κ3) is 2.38. The molecule has 0 saturated carbocycles. The second kappa shape index (κ2) is 4.86. The SMILES string of the molecule is CC.CC.CN1CC2N(C1)C2(F)F. The van der Waals surface area contributed by atoms with Gasteiger partial charge in [0.15, 0.2) is 0 Å². The van der Waals surface area contributed by atoms with E-state index in [1.54, 1.807) is 0 Å². The lowest BCUT2D eigenvalue weighted by Gasteiger charge is -2.10. The van der Waals surface area contributed by atoms with Gasteiger partial charge in [-0.1, -0.05) is 27.7 Å². The van der Waals surface area contributed by atoms with Crippen LogP contribution in [0.4, 0.5) is 8.78 Å². The van der Waals surface area contributed by atoms with E-state index in [9.17, 15) is 8.78 Å². The van der Waals surface area contributed by atoms with E-state index in [1.165, 1.54) is 4.90 Å². The Kier molecular flexibility index (Phi) is 4.78. The summed E-state index contributed by atoms with van der Waals surface area (Å²) in [5, 5.41) is 0. The molecule has 80 valence electrons. The zero-order chi connectivity index (χ0) is 10.6. The summed E-state index contributed by atoms with van der Waals surface area (Å²) in [6.45, 7) is 8.95. The van der Waals surface area contributed by atoms with Gasteiger partial charge >= 0.3 is 6.05 Å². The van der Waals surface area contributed by atoms with Crippen LogP contribution in [0, 0.1) is 0 Å². The maximum absolute atomic E-state index is 12.3. The Labute approximate surface area is 79.5 Å². The van der Waals surface area contributed by atoms with Gasteiger partial charge in [-0.3, -0.25) is 4.90 Å². The number of halogens is 2. The van der Waals surface area contributed by atoms with Crippen molar-refractivity contribution < 1.29 is 8.78 Å². The molecule has 2 unspecified atom stereocenters. The van der Waals surface area contributed by atoms with Gasteiger partial charge in [0.1, 0.15) is 6.04 Å². The Morgan fingerprint density at radius 1 is 1.15 bits per heavy atom. The lowest BCUT2D eigenvalue weighted by Crippen LogP contribution is -2.26. The normalized spacial score (nSPS) is 33.5. The van der Waals surface area contributed by atoms with Crippen LogP contribution in [0.15, 0.2) is 0 Å². The summed E-state index contributed by atoms with van der Waals surface area (Å²) in [6.07, 6.45) is 0. The van der Waals surface area contributed by atoms with Gasteiger partial charge in [-0.2, -0.15) is 8.78 Å². The molecule has 0 bridgehead atoms. The van der Waals surface area contributed by atoms with Gasteiger partial charge in [0, 0.05) is 6.54 Å². The first-order valence-corrected chi connectivity index (χ1v) is 4.95. The molecule has 2 nitrogen and oxygen atoms in total. The first-order valence-electron chi connectivity index (χ1n) is 4.95. The monoisotopic (exact) mass is 194 g/mol. The van der Waals surface area contributed by atoms with Crippen LogP contribution in [-0.2, 0) is 0 Å². The molecule has 2 saturated heterocycles. The van der Waals surface area contributed by atoms with Crippen LogP contribution >= 0.6 is 0 Å². The van der Waals surface area contributed by atoms with Gasteiger partial charge in [-0.05, 0) is 7.05 Å². The predicted molar refractivity (Wildman–Crippen MR) is 50.8 cm³/mol. The summed E-state index contributed by atoms with van der Waals surface area (Å²) in [7, 11) is 1.85. The highest BCUT2D eigenvalue weighted by molar-refractivity contribution is 5.07. The highest BCUT2D eigenvalue weighted by Gasteiger charge is 2.69. The molecule has 13 heavy (non-hydrogen) atoms. The Balaban J connectivity index is 0.000000322. The highest BCUT2D eigenvalue weighted by atomic mass is 19.3. The Hall–Kier alpha value is -0.220. The second-order valence-electron chi connectivity index (χ2n) is 2.75. The van der Waals surface area contributed by atoms with Gasteiger partial charge in [0.05, 0.1) is 6.67 Å². The van der Waals surface area contributed by atoms with Gasteiger partial charge in [-0.25, -0.2) is 4.90 Å². The zero-order valence-corrected chi connectivity index (χ0v) is 9.14. The lowest BCUT2D eigenvalue weighted by molar-refractivity contribution is 0.0229. The van der Waals surface area contributed by atoms with Crippen molar-refractivity contribution in [3.05, 3.63) is 0 Å². The first kappa shape index (κ1) is 12.8. The number of nitrogens with zero attached hydrogens (tertiary/aromatic N) is 2. The summed E-state index contributed by atoms with van der Waals surface area (Å²) in [4.78, 5) is 3.09. The fourth-order valence-corrected chi connectivity index (χ4v) is 1.36. The molecule has 2 aliphatic rings. The van der Waals surface area contributed by atoms with Crippen LogP contribution in [0.25, 0.3) is 0 Å². The quantitative estimate of drug-likeness (QED) is 0.431. The van der Waals surface area contributed by atoms with Crippen LogP contribution < -0.4 is 0 Å². The largest absolute Gasteiger partial charge is 0.323 e. The zero-order valence-electron chi connectivity index (χ0n) is 9.14. The predicted octanol–water partition coefficient (Wildman–Crippen LogP) is 2.22. The molecule has 2 rings (SSSR count). The van der Waals surface area contributed by atoms with Crippen LogP contribution in [0.1, 0.15) is 27.7 Å². The molecule has 0 aromatic rings. The standard InChI is InChI=1S/C5H8F2N2.2C2H6/c1-8-2-4-5(6,7)9(4)3-8;2*1-2/h4H,2-3H2,1H3;2*1-2H3. The van der Waals surface area contributed by atoms with E-state index in [1.807, 2.05) is 39.6 Å². The number of alkyl halides is 2. The summed E-state index contributed by atoms with van der Waals surface area (Å²) >= 11 is 0. The minimum atomic E-state index is -2.47. The fourth-order valence-electron chi connectivity index (χ4n) is 1.36. The maximum Gasteiger partial charge on any atom is 0.323 e. The Bertz CT molecular complexity index is 137. The molecule has 0 aromatic carbocycles. The van der Waals surface area contributed by atoms with Crippen molar-refractivity contribution in [2.45, 2.75) is 39.8 Å². The summed E-state index contributed by atoms with van der Waals surface area (Å²) in [5.41, 5.74) is 0. The van der Waals surface area contributed by atoms with E-state index < -0.39 is 12.1 Å². The molecule has 2 heterocycles. The van der Waals surface area contributed by atoms with Gasteiger partial charge in [0.25, 0.3) is 0 Å². The van der Waals surface area contributed by atoms with E-state index in [0.717, 1.165) is 0 Å². The highest BCUT2D eigenvalue weighted by Crippen LogP contribution is 2.47. The first-order chi connectivity index (χ1) is 6.12. The molecule has 0 amide bonds. The summed E-state index contributed by atoms with van der Waals surface area (Å²) < 4.78 is 24.6. The van der Waals surface area contributed by atoms with Crippen molar-refractivity contribution in [3.63, 3.8) is 0 Å². The Morgan fingerprint density at radius 2 is 1.62 bits per heavy atom. The lowest BCUT2D eigenvalue weighted by atomic mass is 10.4. The molecular formula is C9H20F2N2.